The Morgan fingerprint density at radius 1 is 1.14 bits per heavy atom. The first-order chi connectivity index (χ1) is 9.81. The fourth-order valence-electron chi connectivity index (χ4n) is 1.82. The highest BCUT2D eigenvalue weighted by molar-refractivity contribution is 5.64. The van der Waals surface area contributed by atoms with E-state index in [1.807, 2.05) is 27.7 Å². The van der Waals surface area contributed by atoms with E-state index in [4.69, 9.17) is 5.84 Å². The number of benzene rings is 1. The lowest BCUT2D eigenvalue weighted by Gasteiger charge is -2.20. The van der Waals surface area contributed by atoms with E-state index >= 15 is 0 Å². The number of nitrogens with two attached hydrogens (primary N) is 1. The van der Waals surface area contributed by atoms with Crippen LogP contribution in [0.25, 0.3) is 0 Å². The summed E-state index contributed by atoms with van der Waals surface area (Å²) in [5.41, 5.74) is 3.75. The summed E-state index contributed by atoms with van der Waals surface area (Å²) in [6.07, 6.45) is 0. The molecular formula is C15H20FN5. The fourth-order valence-corrected chi connectivity index (χ4v) is 1.82. The first-order valence-electron chi connectivity index (χ1n) is 6.69. The Hall–Kier alpha value is -2.21. The van der Waals surface area contributed by atoms with Crippen molar-refractivity contribution in [2.75, 3.05) is 10.7 Å². The number of nitrogens with one attached hydrogen (secondary N) is 2. The van der Waals surface area contributed by atoms with E-state index in [9.17, 15) is 4.39 Å². The van der Waals surface area contributed by atoms with E-state index in [1.165, 1.54) is 12.1 Å². The van der Waals surface area contributed by atoms with Crippen LogP contribution in [0.2, 0.25) is 0 Å². The molecule has 0 atom stereocenters. The van der Waals surface area contributed by atoms with Gasteiger partial charge in [-0.15, -0.1) is 0 Å². The highest BCUT2D eigenvalue weighted by atomic mass is 19.1. The maximum atomic E-state index is 13.3. The van der Waals surface area contributed by atoms with Gasteiger partial charge in [0, 0.05) is 16.7 Å². The molecule has 1 aromatic carbocycles. The van der Waals surface area contributed by atoms with Gasteiger partial charge in [-0.1, -0.05) is 26.8 Å². The quantitative estimate of drug-likeness (QED) is 0.597. The van der Waals surface area contributed by atoms with Gasteiger partial charge in [-0.25, -0.2) is 20.2 Å². The molecule has 0 radical (unpaired) electrons. The number of nitrogen functional groups attached to an aromatic ring is 1. The minimum atomic E-state index is -0.306. The monoisotopic (exact) mass is 289 g/mol. The first-order valence-corrected chi connectivity index (χ1v) is 6.69. The zero-order chi connectivity index (χ0) is 15.6. The Morgan fingerprint density at radius 3 is 2.38 bits per heavy atom. The Labute approximate surface area is 123 Å². The molecular weight excluding hydrogens is 269 g/mol. The Morgan fingerprint density at radius 2 is 1.81 bits per heavy atom. The van der Waals surface area contributed by atoms with E-state index in [-0.39, 0.29) is 11.2 Å². The summed E-state index contributed by atoms with van der Waals surface area (Å²) in [5.74, 6) is 7.02. The van der Waals surface area contributed by atoms with Crippen molar-refractivity contribution in [3.63, 3.8) is 0 Å². The molecule has 4 N–H and O–H groups in total. The van der Waals surface area contributed by atoms with Crippen LogP contribution in [-0.4, -0.2) is 9.97 Å². The van der Waals surface area contributed by atoms with Crippen LogP contribution in [0.1, 0.15) is 32.2 Å². The van der Waals surface area contributed by atoms with Gasteiger partial charge in [0.25, 0.3) is 0 Å². The topological polar surface area (TPSA) is 75.9 Å². The lowest BCUT2D eigenvalue weighted by molar-refractivity contribution is 0.546. The van der Waals surface area contributed by atoms with Crippen LogP contribution < -0.4 is 16.6 Å². The standard InChI is InChI=1S/C15H20FN5/c1-9-12(18-11-7-5-6-10(16)8-11)19-14(15(2,3)4)20-13(9)21-17/h5-8H,17H2,1-4H3,(H2,18,19,20,21). The maximum Gasteiger partial charge on any atom is 0.148 e. The molecule has 0 amide bonds. The lowest BCUT2D eigenvalue weighted by Crippen LogP contribution is -2.21. The van der Waals surface area contributed by atoms with Crippen molar-refractivity contribution >= 4 is 17.3 Å². The van der Waals surface area contributed by atoms with Gasteiger partial charge in [0.1, 0.15) is 23.3 Å². The molecule has 0 saturated heterocycles. The van der Waals surface area contributed by atoms with Crippen LogP contribution in [-0.2, 0) is 5.41 Å². The van der Waals surface area contributed by atoms with Gasteiger partial charge in [-0.05, 0) is 25.1 Å². The van der Waals surface area contributed by atoms with Crippen molar-refractivity contribution in [3.05, 3.63) is 41.5 Å². The fraction of sp³-hybridized carbons (Fsp3) is 0.333. The van der Waals surface area contributed by atoms with E-state index in [0.717, 1.165) is 5.56 Å². The SMILES string of the molecule is Cc1c(NN)nc(C(C)(C)C)nc1Nc1cccc(F)c1. The average Bonchev–Trinajstić information content (AvgIpc) is 2.40. The number of hydrogen-bond donors (Lipinski definition) is 3. The molecule has 2 aromatic rings. The minimum Gasteiger partial charge on any atom is -0.340 e. The summed E-state index contributed by atoms with van der Waals surface area (Å²) >= 11 is 0. The second kappa shape index (κ2) is 5.65. The summed E-state index contributed by atoms with van der Waals surface area (Å²) < 4.78 is 13.3. The first kappa shape index (κ1) is 15.2. The van der Waals surface area contributed by atoms with E-state index in [1.54, 1.807) is 12.1 Å². The average molecular weight is 289 g/mol. The van der Waals surface area contributed by atoms with Gasteiger partial charge in [0.05, 0.1) is 0 Å². The van der Waals surface area contributed by atoms with Crippen molar-refractivity contribution < 1.29 is 4.39 Å². The molecule has 0 saturated carbocycles. The van der Waals surface area contributed by atoms with Crippen molar-refractivity contribution in [3.8, 4) is 0 Å². The molecule has 5 nitrogen and oxygen atoms in total. The summed E-state index contributed by atoms with van der Waals surface area (Å²) in [7, 11) is 0. The third-order valence-electron chi connectivity index (χ3n) is 3.04. The molecule has 0 aliphatic rings. The molecule has 2 rings (SSSR count). The van der Waals surface area contributed by atoms with Gasteiger partial charge in [-0.2, -0.15) is 0 Å². The van der Waals surface area contributed by atoms with Crippen LogP contribution in [0, 0.1) is 12.7 Å². The van der Waals surface area contributed by atoms with Gasteiger partial charge in [-0.3, -0.25) is 0 Å². The highest BCUT2D eigenvalue weighted by Gasteiger charge is 2.21. The number of anilines is 3. The smallest absolute Gasteiger partial charge is 0.148 e. The number of hydrazine groups is 1. The number of rotatable bonds is 3. The molecule has 0 fully saturated rings. The predicted octanol–water partition coefficient (Wildman–Crippen LogP) is 3.25. The number of hydrogen-bond acceptors (Lipinski definition) is 5. The van der Waals surface area contributed by atoms with Crippen LogP contribution in [0.5, 0.6) is 0 Å². The van der Waals surface area contributed by atoms with Crippen LogP contribution in [0.4, 0.5) is 21.7 Å². The maximum absolute atomic E-state index is 13.3. The molecule has 1 heterocycles. The summed E-state index contributed by atoms with van der Waals surface area (Å²) in [6.45, 7) is 7.90. The molecule has 0 bridgehead atoms. The zero-order valence-corrected chi connectivity index (χ0v) is 12.7. The van der Waals surface area contributed by atoms with Crippen molar-refractivity contribution in [1.82, 2.24) is 9.97 Å². The molecule has 0 aliphatic carbocycles. The van der Waals surface area contributed by atoms with Gasteiger partial charge >= 0.3 is 0 Å². The second-order valence-electron chi connectivity index (χ2n) is 5.90. The predicted molar refractivity (Wildman–Crippen MR) is 83.0 cm³/mol. The Kier molecular flexibility index (Phi) is 4.09. The molecule has 0 unspecified atom stereocenters. The van der Waals surface area contributed by atoms with E-state index < -0.39 is 0 Å². The van der Waals surface area contributed by atoms with Gasteiger partial charge in [0.15, 0.2) is 0 Å². The zero-order valence-electron chi connectivity index (χ0n) is 12.7. The van der Waals surface area contributed by atoms with Gasteiger partial charge in [0.2, 0.25) is 0 Å². The van der Waals surface area contributed by atoms with Crippen LogP contribution in [0.3, 0.4) is 0 Å². The van der Waals surface area contributed by atoms with E-state index in [2.05, 4.69) is 20.7 Å². The van der Waals surface area contributed by atoms with Crippen molar-refractivity contribution in [2.24, 2.45) is 5.84 Å². The summed E-state index contributed by atoms with van der Waals surface area (Å²) in [6, 6.07) is 6.22. The lowest BCUT2D eigenvalue weighted by atomic mass is 9.95. The molecule has 0 aliphatic heterocycles. The normalized spacial score (nSPS) is 11.3. The van der Waals surface area contributed by atoms with Crippen LogP contribution in [0.15, 0.2) is 24.3 Å². The highest BCUT2D eigenvalue weighted by Crippen LogP contribution is 2.27. The Bertz CT molecular complexity index is 649. The third kappa shape index (κ3) is 3.46. The molecule has 21 heavy (non-hydrogen) atoms. The van der Waals surface area contributed by atoms with Crippen molar-refractivity contribution in [2.45, 2.75) is 33.1 Å². The number of halogens is 1. The Balaban J connectivity index is 2.47. The van der Waals surface area contributed by atoms with E-state index in [0.29, 0.717) is 23.1 Å². The minimum absolute atomic E-state index is 0.225. The summed E-state index contributed by atoms with van der Waals surface area (Å²) in [5, 5.41) is 3.11. The second-order valence-corrected chi connectivity index (χ2v) is 5.90. The third-order valence-corrected chi connectivity index (χ3v) is 3.04. The molecule has 0 spiro atoms. The number of nitrogens with zero attached hydrogens (tertiary/aromatic N) is 2. The van der Waals surface area contributed by atoms with Crippen LogP contribution >= 0.6 is 0 Å². The van der Waals surface area contributed by atoms with Gasteiger partial charge < -0.3 is 10.7 Å². The van der Waals surface area contributed by atoms with Crippen molar-refractivity contribution in [1.29, 1.82) is 0 Å². The molecule has 112 valence electrons. The number of aromatic nitrogens is 2. The summed E-state index contributed by atoms with van der Waals surface area (Å²) in [4.78, 5) is 8.96. The largest absolute Gasteiger partial charge is 0.340 e. The molecule has 1 aromatic heterocycles. The molecule has 6 heteroatoms.